The highest BCUT2D eigenvalue weighted by Crippen LogP contribution is 2.33. The summed E-state index contributed by atoms with van der Waals surface area (Å²) in [6.45, 7) is 1.54. The van der Waals surface area contributed by atoms with E-state index in [1.165, 1.54) is 6.07 Å². The predicted molar refractivity (Wildman–Crippen MR) is 53.4 cm³/mol. The molecule has 1 N–H and O–H groups in total. The van der Waals surface area contributed by atoms with Gasteiger partial charge in [-0.2, -0.15) is 0 Å². The number of benzene rings is 1. The van der Waals surface area contributed by atoms with Crippen LogP contribution in [0.25, 0.3) is 0 Å². The minimum absolute atomic E-state index is 0.0799. The molecule has 16 heavy (non-hydrogen) atoms. The molecule has 1 saturated heterocycles. The Hall–Kier alpha value is -1.23. The maximum Gasteiger partial charge on any atom is 0.573 e. The van der Waals surface area contributed by atoms with Crippen LogP contribution in [0.5, 0.6) is 5.75 Å². The average Bonchev–Trinajstić information content (AvgIpc) is 2.69. The summed E-state index contributed by atoms with van der Waals surface area (Å²) in [6, 6.07) is 6.34. The number of hydrogen-bond acceptors (Lipinski definition) is 2. The molecule has 0 aromatic heterocycles. The van der Waals surface area contributed by atoms with Crippen LogP contribution < -0.4 is 10.1 Å². The number of ether oxygens (including phenoxy) is 1. The van der Waals surface area contributed by atoms with Crippen molar-refractivity contribution in [3.8, 4) is 5.75 Å². The number of hydrogen-bond donors (Lipinski definition) is 1. The Morgan fingerprint density at radius 1 is 1.25 bits per heavy atom. The molecule has 0 aliphatic carbocycles. The molecule has 1 aliphatic rings. The van der Waals surface area contributed by atoms with Gasteiger partial charge in [-0.05, 0) is 24.6 Å². The Labute approximate surface area is 91.4 Å². The Bertz CT molecular complexity index is 358. The van der Waals surface area contributed by atoms with Gasteiger partial charge in [0, 0.05) is 12.5 Å². The van der Waals surface area contributed by atoms with E-state index in [1.807, 2.05) is 0 Å². The molecule has 0 saturated carbocycles. The van der Waals surface area contributed by atoms with Crippen molar-refractivity contribution in [2.75, 3.05) is 13.1 Å². The fourth-order valence-electron chi connectivity index (χ4n) is 1.96. The van der Waals surface area contributed by atoms with Crippen LogP contribution in [0.1, 0.15) is 17.9 Å². The van der Waals surface area contributed by atoms with E-state index in [1.54, 1.807) is 18.2 Å². The second-order valence-electron chi connectivity index (χ2n) is 3.78. The fourth-order valence-corrected chi connectivity index (χ4v) is 1.96. The molecular weight excluding hydrogens is 219 g/mol. The van der Waals surface area contributed by atoms with Crippen molar-refractivity contribution >= 4 is 0 Å². The highest BCUT2D eigenvalue weighted by atomic mass is 19.4. The lowest BCUT2D eigenvalue weighted by molar-refractivity contribution is -0.274. The zero-order chi connectivity index (χ0) is 11.6. The predicted octanol–water partition coefficient (Wildman–Crippen LogP) is 2.66. The minimum atomic E-state index is -4.62. The summed E-state index contributed by atoms with van der Waals surface area (Å²) in [7, 11) is 0. The normalized spacial score (nSPS) is 21.1. The Balaban J connectivity index is 2.23. The van der Waals surface area contributed by atoms with E-state index in [2.05, 4.69) is 10.1 Å². The van der Waals surface area contributed by atoms with Crippen molar-refractivity contribution in [1.82, 2.24) is 5.32 Å². The molecule has 0 radical (unpaired) electrons. The molecule has 88 valence electrons. The largest absolute Gasteiger partial charge is 0.573 e. The van der Waals surface area contributed by atoms with Gasteiger partial charge in [-0.1, -0.05) is 18.2 Å². The highest BCUT2D eigenvalue weighted by Gasteiger charge is 2.33. The van der Waals surface area contributed by atoms with Gasteiger partial charge in [-0.25, -0.2) is 0 Å². The molecule has 1 aromatic rings. The Kier molecular flexibility index (Phi) is 3.05. The van der Waals surface area contributed by atoms with Crippen molar-refractivity contribution < 1.29 is 17.9 Å². The van der Waals surface area contributed by atoms with Crippen LogP contribution in [0.3, 0.4) is 0 Å². The quantitative estimate of drug-likeness (QED) is 0.844. The Morgan fingerprint density at radius 3 is 2.62 bits per heavy atom. The van der Waals surface area contributed by atoms with Gasteiger partial charge in [0.05, 0.1) is 0 Å². The van der Waals surface area contributed by atoms with Crippen LogP contribution in [0.4, 0.5) is 13.2 Å². The van der Waals surface area contributed by atoms with Crippen molar-refractivity contribution in [1.29, 1.82) is 0 Å². The first kappa shape index (κ1) is 11.3. The molecule has 1 heterocycles. The van der Waals surface area contributed by atoms with Gasteiger partial charge in [0.15, 0.2) is 0 Å². The summed E-state index contributed by atoms with van der Waals surface area (Å²) < 4.78 is 40.5. The number of halogens is 3. The summed E-state index contributed by atoms with van der Waals surface area (Å²) in [6.07, 6.45) is -3.78. The van der Waals surface area contributed by atoms with Crippen LogP contribution in [0.15, 0.2) is 24.3 Å². The lowest BCUT2D eigenvalue weighted by Gasteiger charge is -2.16. The van der Waals surface area contributed by atoms with Crippen molar-refractivity contribution in [2.45, 2.75) is 18.7 Å². The molecule has 0 bridgehead atoms. The highest BCUT2D eigenvalue weighted by molar-refractivity contribution is 5.37. The molecule has 1 atom stereocenters. The van der Waals surface area contributed by atoms with Crippen molar-refractivity contribution in [3.05, 3.63) is 29.8 Å². The number of para-hydroxylation sites is 1. The molecule has 2 nitrogen and oxygen atoms in total. The van der Waals surface area contributed by atoms with Gasteiger partial charge in [0.1, 0.15) is 5.75 Å². The van der Waals surface area contributed by atoms with E-state index in [9.17, 15) is 13.2 Å². The van der Waals surface area contributed by atoms with Crippen LogP contribution in [0.2, 0.25) is 0 Å². The number of alkyl halides is 3. The second kappa shape index (κ2) is 4.33. The maximum atomic E-state index is 12.2. The fraction of sp³-hybridized carbons (Fsp3) is 0.455. The van der Waals surface area contributed by atoms with Crippen LogP contribution >= 0.6 is 0 Å². The first-order valence-corrected chi connectivity index (χ1v) is 5.11. The average molecular weight is 231 g/mol. The molecule has 1 aliphatic heterocycles. The molecule has 0 unspecified atom stereocenters. The molecule has 1 aromatic carbocycles. The Morgan fingerprint density at radius 2 is 2.00 bits per heavy atom. The van der Waals surface area contributed by atoms with Gasteiger partial charge in [-0.3, -0.25) is 0 Å². The van der Waals surface area contributed by atoms with Gasteiger partial charge >= 0.3 is 6.36 Å². The van der Waals surface area contributed by atoms with Crippen LogP contribution in [-0.4, -0.2) is 19.5 Å². The standard InChI is InChI=1S/C11H12F3NO/c12-11(13,14)16-10-4-2-1-3-9(10)8-5-6-15-7-8/h1-4,8,15H,5-7H2/t8-/m0/s1. The summed E-state index contributed by atoms with van der Waals surface area (Å²) in [4.78, 5) is 0. The van der Waals surface area contributed by atoms with Gasteiger partial charge in [0.2, 0.25) is 0 Å². The molecular formula is C11H12F3NO. The van der Waals surface area contributed by atoms with Crippen molar-refractivity contribution in [2.24, 2.45) is 0 Å². The third kappa shape index (κ3) is 2.66. The van der Waals surface area contributed by atoms with E-state index in [0.29, 0.717) is 12.1 Å². The summed E-state index contributed by atoms with van der Waals surface area (Å²) >= 11 is 0. The lowest BCUT2D eigenvalue weighted by atomic mass is 9.97. The van der Waals surface area contributed by atoms with E-state index < -0.39 is 6.36 Å². The number of rotatable bonds is 2. The molecule has 2 rings (SSSR count). The smallest absolute Gasteiger partial charge is 0.405 e. The zero-order valence-electron chi connectivity index (χ0n) is 8.55. The monoisotopic (exact) mass is 231 g/mol. The van der Waals surface area contributed by atoms with E-state index >= 15 is 0 Å². The number of nitrogens with one attached hydrogen (secondary N) is 1. The third-order valence-electron chi connectivity index (χ3n) is 2.64. The zero-order valence-corrected chi connectivity index (χ0v) is 8.55. The summed E-state index contributed by atoms with van der Waals surface area (Å²) in [5, 5.41) is 3.12. The lowest BCUT2D eigenvalue weighted by Crippen LogP contribution is -2.19. The maximum absolute atomic E-state index is 12.2. The van der Waals surface area contributed by atoms with Gasteiger partial charge in [-0.15, -0.1) is 13.2 Å². The first-order chi connectivity index (χ1) is 7.56. The SMILES string of the molecule is FC(F)(F)Oc1ccccc1[C@H]1CCNC1. The second-order valence-corrected chi connectivity index (χ2v) is 3.78. The van der Waals surface area contributed by atoms with Crippen LogP contribution in [-0.2, 0) is 0 Å². The van der Waals surface area contributed by atoms with E-state index in [4.69, 9.17) is 0 Å². The van der Waals surface area contributed by atoms with Crippen LogP contribution in [0, 0.1) is 0 Å². The van der Waals surface area contributed by atoms with Crippen molar-refractivity contribution in [3.63, 3.8) is 0 Å². The topological polar surface area (TPSA) is 21.3 Å². The summed E-state index contributed by atoms with van der Waals surface area (Å²) in [5.41, 5.74) is 0.629. The molecule has 1 fully saturated rings. The first-order valence-electron chi connectivity index (χ1n) is 5.11. The molecule has 5 heteroatoms. The van der Waals surface area contributed by atoms with E-state index in [-0.39, 0.29) is 11.7 Å². The van der Waals surface area contributed by atoms with Gasteiger partial charge < -0.3 is 10.1 Å². The van der Waals surface area contributed by atoms with Gasteiger partial charge in [0.25, 0.3) is 0 Å². The summed E-state index contributed by atoms with van der Waals surface area (Å²) in [5.74, 6) is 0.0299. The molecule has 0 spiro atoms. The third-order valence-corrected chi connectivity index (χ3v) is 2.64. The molecule has 0 amide bonds. The minimum Gasteiger partial charge on any atom is -0.405 e. The van der Waals surface area contributed by atoms with E-state index in [0.717, 1.165) is 13.0 Å².